The van der Waals surface area contributed by atoms with Gasteiger partial charge in [0.25, 0.3) is 0 Å². The first-order chi connectivity index (χ1) is 16.9. The maximum atomic E-state index is 12.9. The van der Waals surface area contributed by atoms with Crippen LogP contribution < -0.4 is 10.1 Å². The molecule has 192 valence electrons. The van der Waals surface area contributed by atoms with E-state index in [0.29, 0.717) is 42.8 Å². The van der Waals surface area contributed by atoms with Gasteiger partial charge in [-0.3, -0.25) is 0 Å². The molecule has 1 unspecified atom stereocenters. The molecule has 0 bridgehead atoms. The predicted octanol–water partition coefficient (Wildman–Crippen LogP) is 5.82. The number of thioether (sulfide) groups is 1. The van der Waals surface area contributed by atoms with E-state index >= 15 is 0 Å². The number of carboxylic acids is 1. The Morgan fingerprint density at radius 3 is 2.49 bits per heavy atom. The van der Waals surface area contributed by atoms with Crippen molar-refractivity contribution in [3.63, 3.8) is 0 Å². The van der Waals surface area contributed by atoms with E-state index in [1.54, 1.807) is 36.1 Å². The Balaban J connectivity index is 1.91. The lowest BCUT2D eigenvalue weighted by Gasteiger charge is -2.23. The summed E-state index contributed by atoms with van der Waals surface area (Å²) in [5.41, 5.74) is 1.43. The summed E-state index contributed by atoms with van der Waals surface area (Å²) in [6.07, 6.45) is 1.44. The number of carbonyl (C=O) groups excluding carboxylic acids is 1. The van der Waals surface area contributed by atoms with Gasteiger partial charge in [0.15, 0.2) is 6.10 Å². The summed E-state index contributed by atoms with van der Waals surface area (Å²) in [5, 5.41) is 12.6. The third-order valence-electron chi connectivity index (χ3n) is 5.09. The maximum Gasteiger partial charge on any atom is 0.333 e. The molecule has 0 aliphatic rings. The highest BCUT2D eigenvalue weighted by atomic mass is 35.5. The second kappa shape index (κ2) is 16.3. The molecule has 2 N–H and O–H groups in total. The zero-order valence-electron chi connectivity index (χ0n) is 20.4. The summed E-state index contributed by atoms with van der Waals surface area (Å²) in [4.78, 5) is 25.9. The molecule has 0 aliphatic carbocycles. The molecule has 0 radical (unpaired) electrons. The first-order valence-corrected chi connectivity index (χ1v) is 13.4. The highest BCUT2D eigenvalue weighted by Crippen LogP contribution is 2.21. The van der Waals surface area contributed by atoms with Gasteiger partial charge >= 0.3 is 12.0 Å². The van der Waals surface area contributed by atoms with E-state index in [1.165, 1.54) is 0 Å². The standard InChI is InChI=1S/C26H35ClN2O5S/c1-3-17-35-18-7-14-29(26(32)28-23-9-6-5-8-22(23)27)15-16-34-21-12-10-20(11-13-21)19-24(25(30)31)33-4-2/h5-6,8-13,24H,3-4,7,14-19H2,1-2H3,(H,28,32)(H,30,31). The summed E-state index contributed by atoms with van der Waals surface area (Å²) in [6, 6.07) is 14.2. The molecule has 2 rings (SSSR count). The Labute approximate surface area is 217 Å². The van der Waals surface area contributed by atoms with Crippen LogP contribution in [0, 0.1) is 0 Å². The van der Waals surface area contributed by atoms with E-state index in [-0.39, 0.29) is 12.5 Å². The lowest BCUT2D eigenvalue weighted by molar-refractivity contribution is -0.149. The number of nitrogens with one attached hydrogen (secondary N) is 1. The first-order valence-electron chi connectivity index (χ1n) is 11.9. The molecule has 0 heterocycles. The molecule has 35 heavy (non-hydrogen) atoms. The summed E-state index contributed by atoms with van der Waals surface area (Å²) in [5.74, 6) is 1.78. The molecule has 0 saturated heterocycles. The maximum absolute atomic E-state index is 12.9. The fraction of sp³-hybridized carbons (Fsp3) is 0.462. The van der Waals surface area contributed by atoms with Crippen molar-refractivity contribution < 1.29 is 24.2 Å². The molecule has 0 aromatic heterocycles. The zero-order valence-corrected chi connectivity index (χ0v) is 21.9. The van der Waals surface area contributed by atoms with Crippen LogP contribution in [-0.2, 0) is 16.0 Å². The minimum Gasteiger partial charge on any atom is -0.492 e. The van der Waals surface area contributed by atoms with Crippen LogP contribution in [0.3, 0.4) is 0 Å². The number of ether oxygens (including phenoxy) is 2. The fourth-order valence-corrected chi connectivity index (χ4v) is 4.31. The number of para-hydroxylation sites is 1. The molecule has 7 nitrogen and oxygen atoms in total. The van der Waals surface area contributed by atoms with E-state index in [0.717, 1.165) is 29.9 Å². The van der Waals surface area contributed by atoms with Gasteiger partial charge < -0.3 is 24.8 Å². The third-order valence-corrected chi connectivity index (χ3v) is 6.69. The van der Waals surface area contributed by atoms with Crippen LogP contribution >= 0.6 is 23.4 Å². The molecule has 0 spiro atoms. The number of rotatable bonds is 16. The number of halogens is 1. The lowest BCUT2D eigenvalue weighted by Crippen LogP contribution is -2.38. The van der Waals surface area contributed by atoms with Crippen molar-refractivity contribution >= 4 is 41.1 Å². The Morgan fingerprint density at radius 1 is 1.09 bits per heavy atom. The van der Waals surface area contributed by atoms with E-state index in [4.69, 9.17) is 21.1 Å². The zero-order chi connectivity index (χ0) is 25.5. The van der Waals surface area contributed by atoms with Crippen molar-refractivity contribution in [1.29, 1.82) is 0 Å². The normalized spacial score (nSPS) is 11.6. The number of hydrogen-bond donors (Lipinski definition) is 2. The van der Waals surface area contributed by atoms with Crippen molar-refractivity contribution in [2.24, 2.45) is 0 Å². The van der Waals surface area contributed by atoms with E-state index in [9.17, 15) is 14.7 Å². The van der Waals surface area contributed by atoms with Crippen molar-refractivity contribution in [1.82, 2.24) is 4.90 Å². The third kappa shape index (κ3) is 10.8. The Bertz CT molecular complexity index is 913. The number of urea groups is 1. The van der Waals surface area contributed by atoms with Crippen LogP contribution in [0.2, 0.25) is 5.02 Å². The van der Waals surface area contributed by atoms with Gasteiger partial charge in [-0.1, -0.05) is 42.8 Å². The quantitative estimate of drug-likeness (QED) is 0.270. The van der Waals surface area contributed by atoms with Crippen molar-refractivity contribution in [2.45, 2.75) is 39.2 Å². The smallest absolute Gasteiger partial charge is 0.333 e. The van der Waals surface area contributed by atoms with E-state index in [2.05, 4.69) is 12.2 Å². The number of nitrogens with zero attached hydrogens (tertiary/aromatic N) is 1. The Kier molecular flexibility index (Phi) is 13.4. The minimum absolute atomic E-state index is 0.215. The van der Waals surface area contributed by atoms with Crippen LogP contribution in [0.5, 0.6) is 5.75 Å². The molecule has 2 aromatic carbocycles. The number of benzene rings is 2. The molecular formula is C26H35ClN2O5S. The molecule has 0 fully saturated rings. The topological polar surface area (TPSA) is 88.1 Å². The van der Waals surface area contributed by atoms with Crippen LogP contribution in [0.4, 0.5) is 10.5 Å². The number of hydrogen-bond acceptors (Lipinski definition) is 5. The van der Waals surface area contributed by atoms with Crippen molar-refractivity contribution in [2.75, 3.05) is 43.1 Å². The Morgan fingerprint density at radius 2 is 1.83 bits per heavy atom. The van der Waals surface area contributed by atoms with Gasteiger partial charge in [0.1, 0.15) is 12.4 Å². The SMILES string of the molecule is CCCSCCCN(CCOc1ccc(CC(OCC)C(=O)O)cc1)C(=O)Nc1ccccc1Cl. The summed E-state index contributed by atoms with van der Waals surface area (Å²) in [7, 11) is 0. The summed E-state index contributed by atoms with van der Waals surface area (Å²) in [6.45, 7) is 5.63. The number of aliphatic carboxylic acids is 1. The van der Waals surface area contributed by atoms with Crippen LogP contribution in [-0.4, -0.2) is 65.9 Å². The summed E-state index contributed by atoms with van der Waals surface area (Å²) < 4.78 is 11.1. The average Bonchev–Trinajstić information content (AvgIpc) is 2.84. The number of carboxylic acid groups (broad SMARTS) is 1. The highest BCUT2D eigenvalue weighted by molar-refractivity contribution is 7.99. The van der Waals surface area contributed by atoms with Crippen molar-refractivity contribution in [3.8, 4) is 5.75 Å². The van der Waals surface area contributed by atoms with Gasteiger partial charge in [0.05, 0.1) is 17.3 Å². The predicted molar refractivity (Wildman–Crippen MR) is 143 cm³/mol. The Hall–Kier alpha value is -2.42. The van der Waals surface area contributed by atoms with Crippen molar-refractivity contribution in [3.05, 3.63) is 59.1 Å². The van der Waals surface area contributed by atoms with E-state index in [1.807, 2.05) is 36.0 Å². The molecular weight excluding hydrogens is 488 g/mol. The van der Waals surface area contributed by atoms with Crippen LogP contribution in [0.1, 0.15) is 32.3 Å². The van der Waals surface area contributed by atoms with Gasteiger partial charge in [0, 0.05) is 19.6 Å². The molecule has 9 heteroatoms. The van der Waals surface area contributed by atoms with Crippen LogP contribution in [0.15, 0.2) is 48.5 Å². The van der Waals surface area contributed by atoms with Gasteiger partial charge in [-0.15, -0.1) is 0 Å². The number of amides is 2. The molecule has 0 aliphatic heterocycles. The van der Waals surface area contributed by atoms with Gasteiger partial charge in [-0.2, -0.15) is 11.8 Å². The second-order valence-electron chi connectivity index (χ2n) is 7.84. The molecule has 2 aromatic rings. The number of carbonyl (C=O) groups is 2. The molecule has 2 amide bonds. The largest absolute Gasteiger partial charge is 0.492 e. The summed E-state index contributed by atoms with van der Waals surface area (Å²) >= 11 is 8.08. The second-order valence-corrected chi connectivity index (χ2v) is 9.47. The van der Waals surface area contributed by atoms with Gasteiger partial charge in [0.2, 0.25) is 0 Å². The highest BCUT2D eigenvalue weighted by Gasteiger charge is 2.18. The molecule has 0 saturated carbocycles. The van der Waals surface area contributed by atoms with Gasteiger partial charge in [-0.05, 0) is 61.1 Å². The number of anilines is 1. The lowest BCUT2D eigenvalue weighted by atomic mass is 10.1. The first kappa shape index (κ1) is 28.8. The van der Waals surface area contributed by atoms with E-state index < -0.39 is 12.1 Å². The fourth-order valence-electron chi connectivity index (χ4n) is 3.30. The average molecular weight is 523 g/mol. The van der Waals surface area contributed by atoms with Gasteiger partial charge in [-0.25, -0.2) is 9.59 Å². The molecule has 1 atom stereocenters. The minimum atomic E-state index is -0.976. The monoisotopic (exact) mass is 522 g/mol. The van der Waals surface area contributed by atoms with Crippen LogP contribution in [0.25, 0.3) is 0 Å².